The summed E-state index contributed by atoms with van der Waals surface area (Å²) in [4.78, 5) is 60.1. The number of nitrogens with one attached hydrogen (secondary N) is 2. The van der Waals surface area contributed by atoms with Gasteiger partial charge in [0.15, 0.2) is 18.0 Å². The molecular weight excluding hydrogens is 436 g/mol. The Bertz CT molecular complexity index is 917. The third kappa shape index (κ3) is 7.28. The van der Waals surface area contributed by atoms with Gasteiger partial charge in [-0.2, -0.15) is 0 Å². The normalized spacial score (nSPS) is 24.2. The molecule has 2 rings (SSSR count). The fourth-order valence-corrected chi connectivity index (χ4v) is 3.47. The van der Waals surface area contributed by atoms with E-state index in [-0.39, 0.29) is 6.61 Å². The molecule has 33 heavy (non-hydrogen) atoms. The summed E-state index contributed by atoms with van der Waals surface area (Å²) >= 11 is 0. The van der Waals surface area contributed by atoms with Crippen LogP contribution in [0.1, 0.15) is 33.3 Å². The highest BCUT2D eigenvalue weighted by Crippen LogP contribution is 2.28. The Morgan fingerprint density at radius 2 is 1.52 bits per heavy atom. The van der Waals surface area contributed by atoms with Crippen LogP contribution in [0.2, 0.25) is 0 Å². The lowest BCUT2D eigenvalue weighted by Gasteiger charge is -2.44. The second-order valence-electron chi connectivity index (χ2n) is 7.60. The maximum atomic E-state index is 12.8. The zero-order chi connectivity index (χ0) is 24.7. The number of amides is 2. The SMILES string of the molecule is CC(=O)OC[C@H]1O[C@H](C(C)=O)[C@H](NC(=O)Nc2ccccc2C)[C@@H](OC(C)=O)[C@@H]1OC(C)=O. The van der Waals surface area contributed by atoms with Crippen LogP contribution in [0.4, 0.5) is 10.5 Å². The second kappa shape index (κ2) is 11.4. The highest BCUT2D eigenvalue weighted by Gasteiger charge is 2.52. The number of urea groups is 1. The van der Waals surface area contributed by atoms with E-state index in [2.05, 4.69) is 10.6 Å². The first kappa shape index (κ1) is 25.8. The number of ketones is 1. The molecule has 2 N–H and O–H groups in total. The Labute approximate surface area is 191 Å². The van der Waals surface area contributed by atoms with Gasteiger partial charge in [0.2, 0.25) is 0 Å². The number of rotatable bonds is 7. The fraction of sp³-hybridized carbons (Fsp3) is 0.500. The summed E-state index contributed by atoms with van der Waals surface area (Å²) in [6.45, 7) is 6.12. The number of benzene rings is 1. The van der Waals surface area contributed by atoms with Crippen molar-refractivity contribution in [3.8, 4) is 0 Å². The summed E-state index contributed by atoms with van der Waals surface area (Å²) in [5.41, 5.74) is 1.32. The molecule has 11 heteroatoms. The standard InChI is InChI=1S/C22H28N2O9/c1-11-8-6-7-9-16(11)23-22(29)24-18-19(12(2)25)33-17(10-30-13(3)26)20(31-14(4)27)21(18)32-15(5)28/h6-9,17-21H,10H2,1-5H3,(H2,23,24,29)/t17-,18+,19-,20-,21-/m1/s1. The van der Waals surface area contributed by atoms with Crippen LogP contribution in [0.5, 0.6) is 0 Å². The molecular formula is C22H28N2O9. The van der Waals surface area contributed by atoms with E-state index < -0.39 is 60.2 Å². The first-order valence-electron chi connectivity index (χ1n) is 10.3. The van der Waals surface area contributed by atoms with Crippen molar-refractivity contribution in [1.82, 2.24) is 5.32 Å². The van der Waals surface area contributed by atoms with E-state index in [1.807, 2.05) is 6.07 Å². The molecule has 1 aromatic rings. The molecule has 0 aliphatic carbocycles. The van der Waals surface area contributed by atoms with E-state index in [1.165, 1.54) is 13.8 Å². The number of esters is 3. The molecule has 0 bridgehead atoms. The van der Waals surface area contributed by atoms with Gasteiger partial charge in [0.25, 0.3) is 0 Å². The molecule has 0 spiro atoms. The van der Waals surface area contributed by atoms with Crippen molar-refractivity contribution in [2.75, 3.05) is 11.9 Å². The van der Waals surface area contributed by atoms with E-state index in [0.29, 0.717) is 5.69 Å². The molecule has 1 fully saturated rings. The molecule has 180 valence electrons. The average molecular weight is 464 g/mol. The van der Waals surface area contributed by atoms with Crippen molar-refractivity contribution >= 4 is 35.4 Å². The van der Waals surface area contributed by atoms with Gasteiger partial charge in [-0.1, -0.05) is 18.2 Å². The number of hydrogen-bond donors (Lipinski definition) is 2. The molecule has 11 nitrogen and oxygen atoms in total. The van der Waals surface area contributed by atoms with Crippen molar-refractivity contribution in [3.05, 3.63) is 29.8 Å². The Morgan fingerprint density at radius 1 is 0.909 bits per heavy atom. The predicted octanol–water partition coefficient (Wildman–Crippen LogP) is 1.27. The average Bonchev–Trinajstić information content (AvgIpc) is 2.70. The number of carbonyl (C=O) groups is 5. The van der Waals surface area contributed by atoms with Gasteiger partial charge in [-0.25, -0.2) is 4.79 Å². The quantitative estimate of drug-likeness (QED) is 0.450. The van der Waals surface area contributed by atoms with Crippen molar-refractivity contribution in [1.29, 1.82) is 0 Å². The first-order valence-corrected chi connectivity index (χ1v) is 10.3. The van der Waals surface area contributed by atoms with Crippen molar-refractivity contribution in [3.63, 3.8) is 0 Å². The lowest BCUT2D eigenvalue weighted by molar-refractivity contribution is -0.220. The summed E-state index contributed by atoms with van der Waals surface area (Å²) in [5.74, 6) is -2.57. The Hall–Kier alpha value is -3.47. The number of para-hydroxylation sites is 1. The van der Waals surface area contributed by atoms with Gasteiger partial charge in [-0.15, -0.1) is 0 Å². The lowest BCUT2D eigenvalue weighted by Crippen LogP contribution is -2.68. The second-order valence-corrected chi connectivity index (χ2v) is 7.60. The zero-order valence-corrected chi connectivity index (χ0v) is 19.1. The highest BCUT2D eigenvalue weighted by molar-refractivity contribution is 5.91. The monoisotopic (exact) mass is 464 g/mol. The minimum Gasteiger partial charge on any atom is -0.463 e. The maximum Gasteiger partial charge on any atom is 0.319 e. The topological polar surface area (TPSA) is 146 Å². The Balaban J connectivity index is 2.38. The minimum absolute atomic E-state index is 0.364. The van der Waals surface area contributed by atoms with Gasteiger partial charge in [-0.05, 0) is 25.5 Å². The molecule has 1 saturated heterocycles. The number of carbonyl (C=O) groups excluding carboxylic acids is 5. The van der Waals surface area contributed by atoms with Crippen molar-refractivity contribution in [2.45, 2.75) is 65.1 Å². The Morgan fingerprint density at radius 3 is 2.06 bits per heavy atom. The van der Waals surface area contributed by atoms with Crippen LogP contribution in [0.25, 0.3) is 0 Å². The summed E-state index contributed by atoms with van der Waals surface area (Å²) in [7, 11) is 0. The van der Waals surface area contributed by atoms with Crippen molar-refractivity contribution in [2.24, 2.45) is 0 Å². The van der Waals surface area contributed by atoms with Crippen LogP contribution in [0.15, 0.2) is 24.3 Å². The lowest BCUT2D eigenvalue weighted by atomic mass is 9.90. The predicted molar refractivity (Wildman–Crippen MR) is 114 cm³/mol. The summed E-state index contributed by atoms with van der Waals surface area (Å²) in [6.07, 6.45) is -4.94. The summed E-state index contributed by atoms with van der Waals surface area (Å²) in [6, 6.07) is 5.14. The van der Waals surface area contributed by atoms with E-state index in [1.54, 1.807) is 25.1 Å². The fourth-order valence-electron chi connectivity index (χ4n) is 3.47. The van der Waals surface area contributed by atoms with Crippen LogP contribution < -0.4 is 10.6 Å². The van der Waals surface area contributed by atoms with Crippen LogP contribution >= 0.6 is 0 Å². The molecule has 1 aliphatic rings. The summed E-state index contributed by atoms with van der Waals surface area (Å²) in [5, 5.41) is 5.26. The van der Waals surface area contributed by atoms with Crippen LogP contribution in [-0.2, 0) is 38.1 Å². The van der Waals surface area contributed by atoms with Crippen LogP contribution in [0.3, 0.4) is 0 Å². The van der Waals surface area contributed by atoms with Gasteiger partial charge in [-0.3, -0.25) is 19.2 Å². The van der Waals surface area contributed by atoms with Gasteiger partial charge >= 0.3 is 23.9 Å². The van der Waals surface area contributed by atoms with E-state index in [0.717, 1.165) is 19.4 Å². The van der Waals surface area contributed by atoms with Crippen molar-refractivity contribution < 1.29 is 42.9 Å². The molecule has 1 aliphatic heterocycles. The number of anilines is 1. The van der Waals surface area contributed by atoms with Crippen LogP contribution in [0, 0.1) is 6.92 Å². The number of Topliss-reactive ketones (excluding diaryl/α,β-unsaturated/α-hetero) is 1. The summed E-state index contributed by atoms with van der Waals surface area (Å²) < 4.78 is 21.4. The van der Waals surface area contributed by atoms with E-state index in [9.17, 15) is 24.0 Å². The molecule has 0 radical (unpaired) electrons. The smallest absolute Gasteiger partial charge is 0.319 e. The molecule has 0 aromatic heterocycles. The molecule has 1 aromatic carbocycles. The van der Waals surface area contributed by atoms with Gasteiger partial charge in [0.1, 0.15) is 24.9 Å². The number of ether oxygens (including phenoxy) is 4. The maximum absolute atomic E-state index is 12.8. The number of aryl methyl sites for hydroxylation is 1. The van der Waals surface area contributed by atoms with Gasteiger partial charge in [0, 0.05) is 26.5 Å². The van der Waals surface area contributed by atoms with Gasteiger partial charge in [0.05, 0.1) is 0 Å². The molecule has 5 atom stereocenters. The number of hydrogen-bond acceptors (Lipinski definition) is 9. The first-order chi connectivity index (χ1) is 15.5. The van der Waals surface area contributed by atoms with Crippen LogP contribution in [-0.4, -0.2) is 66.8 Å². The Kier molecular flexibility index (Phi) is 8.92. The molecule has 0 saturated carbocycles. The molecule has 2 amide bonds. The molecule has 1 heterocycles. The molecule has 0 unspecified atom stereocenters. The largest absolute Gasteiger partial charge is 0.463 e. The zero-order valence-electron chi connectivity index (χ0n) is 19.1. The third-order valence-corrected chi connectivity index (χ3v) is 4.84. The third-order valence-electron chi connectivity index (χ3n) is 4.84. The van der Waals surface area contributed by atoms with E-state index in [4.69, 9.17) is 18.9 Å². The van der Waals surface area contributed by atoms with E-state index >= 15 is 0 Å². The van der Waals surface area contributed by atoms with Gasteiger partial charge < -0.3 is 29.6 Å². The highest BCUT2D eigenvalue weighted by atomic mass is 16.6. The minimum atomic E-state index is -1.29.